The van der Waals surface area contributed by atoms with Crippen LogP contribution in [0.5, 0.6) is 0 Å². The Hall–Kier alpha value is -0.500. The molecule has 0 aliphatic heterocycles. The molecule has 0 spiro atoms. The quantitative estimate of drug-likeness (QED) is 0.689. The van der Waals surface area contributed by atoms with Crippen LogP contribution in [0.15, 0.2) is 18.7 Å². The van der Waals surface area contributed by atoms with E-state index >= 15 is 0 Å². The highest BCUT2D eigenvalue weighted by atomic mass is 35.5. The lowest BCUT2D eigenvalue weighted by molar-refractivity contribution is 0.471. The molecule has 1 aromatic rings. The number of nitrogens with zero attached hydrogens (tertiary/aromatic N) is 2. The standard InChI is InChI=1S/C8H14N2.ClH/c1-3-8(4-2)10-6-5-9-7-10;/h5-8H,3-4H2,1-2H3;1H. The first-order valence-electron chi connectivity index (χ1n) is 3.86. The molecule has 1 rings (SSSR count). The van der Waals surface area contributed by atoms with Gasteiger partial charge in [0.25, 0.3) is 0 Å². The monoisotopic (exact) mass is 174 g/mol. The van der Waals surface area contributed by atoms with Gasteiger partial charge in [-0.05, 0) is 12.8 Å². The van der Waals surface area contributed by atoms with E-state index in [1.807, 2.05) is 18.7 Å². The molecule has 0 aromatic carbocycles. The summed E-state index contributed by atoms with van der Waals surface area (Å²) in [6.45, 7) is 4.41. The summed E-state index contributed by atoms with van der Waals surface area (Å²) in [6, 6.07) is 0.641. The van der Waals surface area contributed by atoms with Crippen LogP contribution in [0.1, 0.15) is 32.7 Å². The first kappa shape index (κ1) is 10.5. The molecule has 1 heterocycles. The van der Waals surface area contributed by atoms with Crippen molar-refractivity contribution >= 4 is 12.4 Å². The van der Waals surface area contributed by atoms with Gasteiger partial charge in [-0.1, -0.05) is 13.8 Å². The molecule has 0 N–H and O–H groups in total. The minimum Gasteiger partial charge on any atom is -0.334 e. The maximum absolute atomic E-state index is 4.00. The molecule has 0 aliphatic carbocycles. The first-order chi connectivity index (χ1) is 4.88. The molecule has 0 saturated carbocycles. The Bertz CT molecular complexity index is 168. The molecule has 0 atom stereocenters. The van der Waals surface area contributed by atoms with Crippen molar-refractivity contribution < 1.29 is 0 Å². The highest BCUT2D eigenvalue weighted by molar-refractivity contribution is 5.85. The molecule has 0 saturated heterocycles. The second-order valence-electron chi connectivity index (χ2n) is 2.48. The SMILES string of the molecule is CCC(CC)n1ccnc1.Cl. The highest BCUT2D eigenvalue weighted by Crippen LogP contribution is 2.13. The molecule has 1 aromatic heterocycles. The number of hydrogen-bond donors (Lipinski definition) is 0. The Morgan fingerprint density at radius 2 is 2.00 bits per heavy atom. The third-order valence-corrected chi connectivity index (χ3v) is 1.89. The highest BCUT2D eigenvalue weighted by Gasteiger charge is 2.02. The van der Waals surface area contributed by atoms with Gasteiger partial charge in [-0.25, -0.2) is 4.98 Å². The molecule has 64 valence electrons. The van der Waals surface area contributed by atoms with Gasteiger partial charge in [0.05, 0.1) is 6.33 Å². The molecule has 0 bridgehead atoms. The lowest BCUT2D eigenvalue weighted by Crippen LogP contribution is -2.03. The Kier molecular flexibility index (Phi) is 4.95. The molecular weight excluding hydrogens is 160 g/mol. The largest absolute Gasteiger partial charge is 0.334 e. The van der Waals surface area contributed by atoms with E-state index in [4.69, 9.17) is 0 Å². The van der Waals surface area contributed by atoms with Crippen LogP contribution in [-0.2, 0) is 0 Å². The molecule has 0 fully saturated rings. The summed E-state index contributed by atoms with van der Waals surface area (Å²) < 4.78 is 2.17. The van der Waals surface area contributed by atoms with Crippen molar-refractivity contribution in [3.63, 3.8) is 0 Å². The second-order valence-corrected chi connectivity index (χ2v) is 2.48. The maximum atomic E-state index is 4.00. The summed E-state index contributed by atoms with van der Waals surface area (Å²) in [4.78, 5) is 4.00. The fraction of sp³-hybridized carbons (Fsp3) is 0.625. The van der Waals surface area contributed by atoms with E-state index in [1.54, 1.807) is 0 Å². The second kappa shape index (κ2) is 5.19. The smallest absolute Gasteiger partial charge is 0.0948 e. The number of rotatable bonds is 3. The zero-order valence-electron chi connectivity index (χ0n) is 7.03. The summed E-state index contributed by atoms with van der Waals surface area (Å²) in [5.41, 5.74) is 0. The summed E-state index contributed by atoms with van der Waals surface area (Å²) in [7, 11) is 0. The van der Waals surface area contributed by atoms with Crippen LogP contribution < -0.4 is 0 Å². The van der Waals surface area contributed by atoms with Crippen LogP contribution in [0, 0.1) is 0 Å². The summed E-state index contributed by atoms with van der Waals surface area (Å²) in [5.74, 6) is 0. The number of hydrogen-bond acceptors (Lipinski definition) is 1. The van der Waals surface area contributed by atoms with Crippen molar-refractivity contribution in [2.24, 2.45) is 0 Å². The molecule has 0 amide bonds. The molecular formula is C8H15ClN2. The van der Waals surface area contributed by atoms with E-state index in [0.29, 0.717) is 6.04 Å². The third-order valence-electron chi connectivity index (χ3n) is 1.89. The average Bonchev–Trinajstić information content (AvgIpc) is 2.43. The predicted octanol–water partition coefficient (Wildman–Crippen LogP) is 2.67. The van der Waals surface area contributed by atoms with Crippen LogP contribution in [0.2, 0.25) is 0 Å². The predicted molar refractivity (Wildman–Crippen MR) is 49.1 cm³/mol. The van der Waals surface area contributed by atoms with Crippen molar-refractivity contribution in [1.29, 1.82) is 0 Å². The van der Waals surface area contributed by atoms with Gasteiger partial charge in [-0.2, -0.15) is 0 Å². The average molecular weight is 175 g/mol. The molecule has 3 heteroatoms. The van der Waals surface area contributed by atoms with Crippen molar-refractivity contribution in [2.75, 3.05) is 0 Å². The topological polar surface area (TPSA) is 17.8 Å². The molecule has 11 heavy (non-hydrogen) atoms. The molecule has 0 aliphatic rings. The Morgan fingerprint density at radius 3 is 2.36 bits per heavy atom. The van der Waals surface area contributed by atoms with E-state index < -0.39 is 0 Å². The summed E-state index contributed by atoms with van der Waals surface area (Å²) in [5, 5.41) is 0. The molecule has 0 unspecified atom stereocenters. The fourth-order valence-corrected chi connectivity index (χ4v) is 1.20. The van der Waals surface area contributed by atoms with Gasteiger partial charge < -0.3 is 4.57 Å². The van der Waals surface area contributed by atoms with Crippen molar-refractivity contribution in [1.82, 2.24) is 9.55 Å². The van der Waals surface area contributed by atoms with Crippen LogP contribution in [-0.4, -0.2) is 9.55 Å². The minimum atomic E-state index is 0. The van der Waals surface area contributed by atoms with Gasteiger partial charge in [0, 0.05) is 18.4 Å². The van der Waals surface area contributed by atoms with Crippen LogP contribution in [0.25, 0.3) is 0 Å². The van der Waals surface area contributed by atoms with Crippen molar-refractivity contribution in [2.45, 2.75) is 32.7 Å². The van der Waals surface area contributed by atoms with Gasteiger partial charge in [0.2, 0.25) is 0 Å². The molecule has 2 nitrogen and oxygen atoms in total. The van der Waals surface area contributed by atoms with Gasteiger partial charge in [0.1, 0.15) is 0 Å². The lowest BCUT2D eigenvalue weighted by atomic mass is 10.2. The van der Waals surface area contributed by atoms with Crippen molar-refractivity contribution in [3.05, 3.63) is 18.7 Å². The first-order valence-corrected chi connectivity index (χ1v) is 3.86. The fourth-order valence-electron chi connectivity index (χ4n) is 1.20. The number of imidazole rings is 1. The zero-order valence-corrected chi connectivity index (χ0v) is 7.84. The van der Waals surface area contributed by atoms with Gasteiger partial charge in [-0.15, -0.1) is 12.4 Å². The zero-order chi connectivity index (χ0) is 7.40. The van der Waals surface area contributed by atoms with E-state index in [1.165, 1.54) is 12.8 Å². The normalized spacial score (nSPS) is 9.73. The summed E-state index contributed by atoms with van der Waals surface area (Å²) >= 11 is 0. The number of aromatic nitrogens is 2. The minimum absolute atomic E-state index is 0. The Labute approximate surface area is 74.0 Å². The van der Waals surface area contributed by atoms with Crippen LogP contribution in [0.3, 0.4) is 0 Å². The molecule has 0 radical (unpaired) electrons. The van der Waals surface area contributed by atoms with Crippen LogP contribution >= 0.6 is 12.4 Å². The Balaban J connectivity index is 0.000001000. The van der Waals surface area contributed by atoms with E-state index in [9.17, 15) is 0 Å². The van der Waals surface area contributed by atoms with E-state index in [-0.39, 0.29) is 12.4 Å². The lowest BCUT2D eigenvalue weighted by Gasteiger charge is -2.12. The Morgan fingerprint density at radius 1 is 1.36 bits per heavy atom. The van der Waals surface area contributed by atoms with Crippen molar-refractivity contribution in [3.8, 4) is 0 Å². The van der Waals surface area contributed by atoms with Gasteiger partial charge >= 0.3 is 0 Å². The van der Waals surface area contributed by atoms with Gasteiger partial charge in [-0.3, -0.25) is 0 Å². The maximum Gasteiger partial charge on any atom is 0.0948 e. The van der Waals surface area contributed by atoms with Crippen LogP contribution in [0.4, 0.5) is 0 Å². The number of halogens is 1. The van der Waals surface area contributed by atoms with E-state index in [0.717, 1.165) is 0 Å². The van der Waals surface area contributed by atoms with E-state index in [2.05, 4.69) is 23.4 Å². The summed E-state index contributed by atoms with van der Waals surface area (Å²) in [6.07, 6.45) is 8.12. The third kappa shape index (κ3) is 2.54. The van der Waals surface area contributed by atoms with Gasteiger partial charge in [0.15, 0.2) is 0 Å².